The summed E-state index contributed by atoms with van der Waals surface area (Å²) in [5.41, 5.74) is -1.26. The predicted octanol–water partition coefficient (Wildman–Crippen LogP) is 6.37. The summed E-state index contributed by atoms with van der Waals surface area (Å²) in [4.78, 5) is 3.72. The first-order chi connectivity index (χ1) is 20.9. The molecular formula is C35H22F5NOSi. The summed E-state index contributed by atoms with van der Waals surface area (Å²) in [5, 5.41) is 16.7. The topological polar surface area (TPSA) is 32.6 Å². The lowest BCUT2D eigenvalue weighted by Gasteiger charge is -2.35. The third-order valence-corrected chi connectivity index (χ3v) is 12.4. The summed E-state index contributed by atoms with van der Waals surface area (Å²) >= 11 is 0. The quantitative estimate of drug-likeness (QED) is 0.0596. The van der Waals surface area contributed by atoms with E-state index < -0.39 is 42.8 Å². The number of benzene rings is 6. The number of aliphatic imine (C=N–C) groups is 1. The maximum absolute atomic E-state index is 14.6. The van der Waals surface area contributed by atoms with Gasteiger partial charge in [0.05, 0.1) is 0 Å². The van der Waals surface area contributed by atoms with E-state index in [1.165, 1.54) is 0 Å². The molecule has 8 heteroatoms. The second kappa shape index (κ2) is 11.3. The van der Waals surface area contributed by atoms with Crippen LogP contribution in [0.2, 0.25) is 0 Å². The van der Waals surface area contributed by atoms with Crippen molar-refractivity contribution in [2.75, 3.05) is 0 Å². The van der Waals surface area contributed by atoms with Gasteiger partial charge in [0.15, 0.2) is 31.3 Å². The molecule has 0 fully saturated rings. The third-order valence-electron chi connectivity index (χ3n) is 7.59. The van der Waals surface area contributed by atoms with Gasteiger partial charge in [0.1, 0.15) is 11.4 Å². The van der Waals surface area contributed by atoms with Crippen LogP contribution in [0.5, 0.6) is 5.75 Å². The normalized spacial score (nSPS) is 11.8. The van der Waals surface area contributed by atoms with Crippen LogP contribution in [0.3, 0.4) is 0 Å². The molecule has 0 heterocycles. The molecule has 0 saturated carbocycles. The Kier molecular flexibility index (Phi) is 7.37. The molecule has 0 bridgehead atoms. The van der Waals surface area contributed by atoms with Gasteiger partial charge in [-0.25, -0.2) is 26.9 Å². The van der Waals surface area contributed by atoms with Crippen molar-refractivity contribution in [3.63, 3.8) is 0 Å². The first kappa shape index (κ1) is 28.1. The number of aromatic hydroxyl groups is 1. The fraction of sp³-hybridized carbons (Fsp3) is 0. The average Bonchev–Trinajstić information content (AvgIpc) is 3.06. The van der Waals surface area contributed by atoms with Gasteiger partial charge in [-0.2, -0.15) is 0 Å². The van der Waals surface area contributed by atoms with Crippen molar-refractivity contribution in [1.82, 2.24) is 0 Å². The molecule has 0 unspecified atom stereocenters. The van der Waals surface area contributed by atoms with Crippen LogP contribution < -0.4 is 20.7 Å². The lowest BCUT2D eigenvalue weighted by atomic mass is 10.0. The van der Waals surface area contributed by atoms with E-state index in [-0.39, 0.29) is 11.3 Å². The fourth-order valence-electron chi connectivity index (χ4n) is 5.65. The van der Waals surface area contributed by atoms with Gasteiger partial charge < -0.3 is 5.11 Å². The Labute approximate surface area is 245 Å². The number of hydrogen-bond acceptors (Lipinski definition) is 2. The molecule has 43 heavy (non-hydrogen) atoms. The molecule has 6 aromatic carbocycles. The minimum atomic E-state index is -3.28. The van der Waals surface area contributed by atoms with Gasteiger partial charge in [-0.05, 0) is 31.5 Å². The summed E-state index contributed by atoms with van der Waals surface area (Å²) in [7, 11) is -3.28. The number of fused-ring (bicyclic) bond motifs is 1. The fourth-order valence-corrected chi connectivity index (χ4v) is 10.5. The number of phenolic OH excluding ortho intramolecular Hbond substituents is 1. The highest BCUT2D eigenvalue weighted by Gasteiger charge is 2.44. The van der Waals surface area contributed by atoms with Crippen LogP contribution in [0.1, 0.15) is 5.56 Å². The highest BCUT2D eigenvalue weighted by Crippen LogP contribution is 2.32. The molecular weight excluding hydrogens is 573 g/mol. The van der Waals surface area contributed by atoms with Gasteiger partial charge in [0, 0.05) is 11.8 Å². The standard InChI is InChI=1S/C35H22F5NOSi/c36-29-30(37)32(39)34(33(40)31(29)38)41-21-27-26-19-11-10-12-22(26)20-28(35(27)42)43(23-13-4-1-5-14-23,24-15-6-2-7-16-24)25-17-8-3-9-18-25/h1-21,42H/b41-21+. The molecule has 0 aliphatic rings. The monoisotopic (exact) mass is 595 g/mol. The lowest BCUT2D eigenvalue weighted by Crippen LogP contribution is -2.74. The number of hydrogen-bond donors (Lipinski definition) is 1. The summed E-state index contributed by atoms with van der Waals surface area (Å²) in [6.45, 7) is 0. The van der Waals surface area contributed by atoms with Crippen LogP contribution >= 0.6 is 0 Å². The van der Waals surface area contributed by atoms with Crippen molar-refractivity contribution < 1.29 is 27.1 Å². The largest absolute Gasteiger partial charge is 0.507 e. The van der Waals surface area contributed by atoms with E-state index in [0.717, 1.165) is 21.8 Å². The van der Waals surface area contributed by atoms with Gasteiger partial charge in [-0.3, -0.25) is 0 Å². The minimum absolute atomic E-state index is 0.0803. The molecule has 0 atom stereocenters. The van der Waals surface area contributed by atoms with Gasteiger partial charge in [-0.1, -0.05) is 121 Å². The van der Waals surface area contributed by atoms with Crippen molar-refractivity contribution in [1.29, 1.82) is 0 Å². The Bertz CT molecular complexity index is 1860. The van der Waals surface area contributed by atoms with Crippen molar-refractivity contribution in [2.24, 2.45) is 4.99 Å². The van der Waals surface area contributed by atoms with Crippen LogP contribution in [0.15, 0.2) is 126 Å². The average molecular weight is 596 g/mol. The Balaban J connectivity index is 1.72. The minimum Gasteiger partial charge on any atom is -0.507 e. The van der Waals surface area contributed by atoms with Crippen LogP contribution in [0.4, 0.5) is 27.6 Å². The lowest BCUT2D eigenvalue weighted by molar-refractivity contribution is 0.381. The van der Waals surface area contributed by atoms with E-state index in [4.69, 9.17) is 0 Å². The molecule has 0 aromatic heterocycles. The summed E-state index contributed by atoms with van der Waals surface area (Å²) in [6.07, 6.45) is 0.958. The Morgan fingerprint density at radius 3 is 1.44 bits per heavy atom. The van der Waals surface area contributed by atoms with Gasteiger partial charge in [0.25, 0.3) is 0 Å². The van der Waals surface area contributed by atoms with E-state index >= 15 is 0 Å². The number of rotatable bonds is 6. The second-order valence-corrected chi connectivity index (χ2v) is 13.7. The van der Waals surface area contributed by atoms with Crippen molar-refractivity contribution in [3.8, 4) is 5.75 Å². The Morgan fingerprint density at radius 2 is 0.953 bits per heavy atom. The number of halogens is 5. The maximum Gasteiger partial charge on any atom is 0.200 e. The first-order valence-electron chi connectivity index (χ1n) is 13.3. The molecule has 0 spiro atoms. The number of phenols is 1. The van der Waals surface area contributed by atoms with Gasteiger partial charge >= 0.3 is 0 Å². The molecule has 0 aliphatic heterocycles. The molecule has 1 N–H and O–H groups in total. The summed E-state index contributed by atoms with van der Waals surface area (Å²) in [6, 6.07) is 38.2. The summed E-state index contributed by atoms with van der Waals surface area (Å²) in [5.74, 6) is -10.8. The molecule has 0 aliphatic carbocycles. The van der Waals surface area contributed by atoms with Crippen molar-refractivity contribution in [2.45, 2.75) is 0 Å². The molecule has 0 saturated heterocycles. The zero-order chi connectivity index (χ0) is 30.1. The van der Waals surface area contributed by atoms with E-state index in [1.807, 2.05) is 109 Å². The van der Waals surface area contributed by atoms with Gasteiger partial charge in [-0.15, -0.1) is 0 Å². The van der Waals surface area contributed by atoms with E-state index in [9.17, 15) is 27.1 Å². The van der Waals surface area contributed by atoms with E-state index in [1.54, 1.807) is 12.1 Å². The van der Waals surface area contributed by atoms with Crippen molar-refractivity contribution >= 4 is 51.5 Å². The zero-order valence-corrected chi connectivity index (χ0v) is 23.4. The van der Waals surface area contributed by atoms with Crippen molar-refractivity contribution in [3.05, 3.63) is 156 Å². The van der Waals surface area contributed by atoms with Crippen LogP contribution in [-0.2, 0) is 0 Å². The Hall–Kier alpha value is -5.08. The smallest absolute Gasteiger partial charge is 0.200 e. The van der Waals surface area contributed by atoms with Crippen LogP contribution in [0.25, 0.3) is 10.8 Å². The second-order valence-electron chi connectivity index (χ2n) is 9.93. The summed E-state index contributed by atoms with van der Waals surface area (Å²) < 4.78 is 70.7. The maximum atomic E-state index is 14.6. The van der Waals surface area contributed by atoms with E-state index in [2.05, 4.69) is 4.99 Å². The highest BCUT2D eigenvalue weighted by atomic mass is 28.3. The van der Waals surface area contributed by atoms with E-state index in [0.29, 0.717) is 16.0 Å². The van der Waals surface area contributed by atoms with Gasteiger partial charge in [0.2, 0.25) is 5.82 Å². The molecule has 2 nitrogen and oxygen atoms in total. The predicted molar refractivity (Wildman–Crippen MR) is 163 cm³/mol. The molecule has 212 valence electrons. The Morgan fingerprint density at radius 1 is 0.535 bits per heavy atom. The number of nitrogens with zero attached hydrogens (tertiary/aromatic N) is 1. The van der Waals surface area contributed by atoms with Crippen LogP contribution in [-0.4, -0.2) is 19.4 Å². The SMILES string of the molecule is Oc1c([Si](c2ccccc2)(c2ccccc2)c2ccccc2)cc2ccccc2c1/C=N/c1c(F)c(F)c(F)c(F)c1F. The zero-order valence-electron chi connectivity index (χ0n) is 22.4. The first-order valence-corrected chi connectivity index (χ1v) is 15.3. The highest BCUT2D eigenvalue weighted by molar-refractivity contribution is 7.20. The molecule has 0 amide bonds. The molecule has 0 radical (unpaired) electrons. The molecule has 6 aromatic rings. The molecule has 6 rings (SSSR count). The van der Waals surface area contributed by atoms with Crippen LogP contribution in [0, 0.1) is 29.1 Å². The third kappa shape index (κ3) is 4.60.